The molecule has 0 aromatic heterocycles. The lowest BCUT2D eigenvalue weighted by molar-refractivity contribution is 0.0627. The highest BCUT2D eigenvalue weighted by Gasteiger charge is 2.24. The zero-order valence-electron chi connectivity index (χ0n) is 24.4. The third-order valence-electron chi connectivity index (χ3n) is 6.53. The van der Waals surface area contributed by atoms with Crippen LogP contribution in [0.4, 0.5) is 14.9 Å². The van der Waals surface area contributed by atoms with Crippen molar-refractivity contribution in [3.8, 4) is 0 Å². The fourth-order valence-corrected chi connectivity index (χ4v) is 4.49. The van der Waals surface area contributed by atoms with Gasteiger partial charge in [-0.1, -0.05) is 39.0 Å². The van der Waals surface area contributed by atoms with Gasteiger partial charge in [0.25, 0.3) is 5.91 Å². The first-order valence-electron chi connectivity index (χ1n) is 14.0. The highest BCUT2D eigenvalue weighted by atomic mass is 19.1. The van der Waals surface area contributed by atoms with E-state index in [1.807, 2.05) is 38.1 Å². The second kappa shape index (κ2) is 14.4. The Labute approximate surface area is 237 Å². The van der Waals surface area contributed by atoms with Crippen LogP contribution >= 0.6 is 0 Å². The van der Waals surface area contributed by atoms with Crippen LogP contribution in [0.15, 0.2) is 42.5 Å². The minimum Gasteiger partial charge on any atom is -0.379 e. The monoisotopic (exact) mass is 554 g/mol. The summed E-state index contributed by atoms with van der Waals surface area (Å²) in [5, 5.41) is 5.15. The Morgan fingerprint density at radius 1 is 1.00 bits per heavy atom. The van der Waals surface area contributed by atoms with Gasteiger partial charge in [0.2, 0.25) is 0 Å². The Bertz CT molecular complexity index is 1170. The van der Waals surface area contributed by atoms with Gasteiger partial charge in [-0.15, -0.1) is 0 Å². The van der Waals surface area contributed by atoms with Crippen molar-refractivity contribution >= 4 is 23.4 Å². The molecule has 1 heterocycles. The van der Waals surface area contributed by atoms with Crippen molar-refractivity contribution in [1.29, 1.82) is 0 Å². The van der Waals surface area contributed by atoms with Crippen LogP contribution in [0, 0.1) is 11.2 Å². The Hall–Kier alpha value is -3.30. The Morgan fingerprint density at radius 2 is 1.73 bits per heavy atom. The fourth-order valence-electron chi connectivity index (χ4n) is 4.49. The van der Waals surface area contributed by atoms with Crippen molar-refractivity contribution in [2.75, 3.05) is 44.6 Å². The zero-order valence-corrected chi connectivity index (χ0v) is 24.4. The minimum absolute atomic E-state index is 0.0144. The Kier molecular flexibility index (Phi) is 11.2. The van der Waals surface area contributed by atoms with E-state index in [1.54, 1.807) is 4.90 Å². The minimum atomic E-state index is -0.663. The maximum atomic E-state index is 14.7. The van der Waals surface area contributed by atoms with E-state index in [-0.39, 0.29) is 34.5 Å². The number of hydrogen-bond donors (Lipinski definition) is 2. The normalized spacial score (nSPS) is 14.3. The van der Waals surface area contributed by atoms with E-state index in [0.717, 1.165) is 11.1 Å². The maximum Gasteiger partial charge on any atom is 0.319 e. The van der Waals surface area contributed by atoms with Crippen LogP contribution in [-0.2, 0) is 11.3 Å². The number of nitrogens with one attached hydrogen (secondary N) is 2. The number of amides is 3. The third kappa shape index (κ3) is 10.0. The number of Topliss-reactive ketones (excluding diaryl/α,β-unsaturated/α-hetero) is 1. The molecule has 1 fully saturated rings. The van der Waals surface area contributed by atoms with Gasteiger partial charge in [-0.3, -0.25) is 14.5 Å². The Balaban J connectivity index is 1.47. The van der Waals surface area contributed by atoms with E-state index in [1.165, 1.54) is 18.2 Å². The van der Waals surface area contributed by atoms with Gasteiger partial charge < -0.3 is 20.3 Å². The zero-order chi connectivity index (χ0) is 29.3. The van der Waals surface area contributed by atoms with Crippen molar-refractivity contribution in [2.24, 2.45) is 5.41 Å². The van der Waals surface area contributed by atoms with Crippen LogP contribution in [0.5, 0.6) is 0 Å². The molecule has 3 rings (SSSR count). The first-order valence-corrected chi connectivity index (χ1v) is 14.0. The summed E-state index contributed by atoms with van der Waals surface area (Å²) in [5.74, 6) is -0.760. The molecule has 2 N–H and O–H groups in total. The van der Waals surface area contributed by atoms with Crippen molar-refractivity contribution < 1.29 is 23.5 Å². The molecule has 0 unspecified atom stereocenters. The van der Waals surface area contributed by atoms with Gasteiger partial charge >= 0.3 is 6.03 Å². The van der Waals surface area contributed by atoms with Crippen molar-refractivity contribution in [2.45, 2.75) is 60.1 Å². The van der Waals surface area contributed by atoms with Gasteiger partial charge in [-0.05, 0) is 55.5 Å². The van der Waals surface area contributed by atoms with Crippen molar-refractivity contribution in [3.63, 3.8) is 0 Å². The predicted octanol–water partition coefficient (Wildman–Crippen LogP) is 5.34. The molecule has 2 aromatic carbocycles. The van der Waals surface area contributed by atoms with Gasteiger partial charge in [0.15, 0.2) is 5.78 Å². The van der Waals surface area contributed by atoms with Gasteiger partial charge in [0.1, 0.15) is 5.82 Å². The molecule has 0 saturated carbocycles. The highest BCUT2D eigenvalue weighted by molar-refractivity contribution is 5.97. The summed E-state index contributed by atoms with van der Waals surface area (Å²) < 4.78 is 20.1. The standard InChI is InChI=1S/C31H43FN4O4/c1-22(2)40-17-7-12-33-30(39)34-27-11-10-25(19-26(27)32)29(38)36-15-13-35(14-16-36)21-23-8-6-9-24(18-23)28(37)20-31(3,4)5/h6,8-11,18-19,22H,7,12-17,20-21H2,1-5H3,(H2,33,34,39). The summed E-state index contributed by atoms with van der Waals surface area (Å²) in [4.78, 5) is 41.7. The lowest BCUT2D eigenvalue weighted by Gasteiger charge is -2.35. The molecule has 1 aliphatic rings. The number of benzene rings is 2. The first kappa shape index (κ1) is 31.2. The number of halogens is 1. The summed E-state index contributed by atoms with van der Waals surface area (Å²) in [7, 11) is 0. The smallest absolute Gasteiger partial charge is 0.319 e. The number of urea groups is 1. The molecule has 9 heteroatoms. The summed E-state index contributed by atoms with van der Waals surface area (Å²) in [6.07, 6.45) is 1.28. The summed E-state index contributed by atoms with van der Waals surface area (Å²) in [5.41, 5.74) is 1.99. The summed E-state index contributed by atoms with van der Waals surface area (Å²) in [6, 6.07) is 11.4. The number of piperazine rings is 1. The SMILES string of the molecule is CC(C)OCCCNC(=O)Nc1ccc(C(=O)N2CCN(Cc3cccc(C(=O)CC(C)(C)C)c3)CC2)cc1F. The molecule has 1 saturated heterocycles. The maximum absolute atomic E-state index is 14.7. The average molecular weight is 555 g/mol. The molecule has 0 atom stereocenters. The van der Waals surface area contributed by atoms with Crippen LogP contribution in [0.2, 0.25) is 0 Å². The number of ether oxygens (including phenoxy) is 1. The van der Waals surface area contributed by atoms with E-state index in [4.69, 9.17) is 4.74 Å². The van der Waals surface area contributed by atoms with Crippen LogP contribution in [-0.4, -0.2) is 73.0 Å². The van der Waals surface area contributed by atoms with Crippen LogP contribution < -0.4 is 10.6 Å². The lowest BCUT2D eigenvalue weighted by atomic mass is 9.87. The second-order valence-electron chi connectivity index (χ2n) is 11.8. The highest BCUT2D eigenvalue weighted by Crippen LogP contribution is 2.23. The molecular formula is C31H43FN4O4. The predicted molar refractivity (Wildman–Crippen MR) is 155 cm³/mol. The number of carbonyl (C=O) groups excluding carboxylic acids is 3. The molecule has 0 spiro atoms. The largest absolute Gasteiger partial charge is 0.379 e. The number of rotatable bonds is 11. The number of anilines is 1. The quantitative estimate of drug-likeness (QED) is 0.289. The van der Waals surface area contributed by atoms with Gasteiger partial charge in [0, 0.05) is 63.4 Å². The topological polar surface area (TPSA) is 91.0 Å². The van der Waals surface area contributed by atoms with Gasteiger partial charge in [-0.2, -0.15) is 0 Å². The summed E-state index contributed by atoms with van der Waals surface area (Å²) >= 11 is 0. The molecule has 40 heavy (non-hydrogen) atoms. The molecule has 1 aliphatic heterocycles. The molecule has 2 aromatic rings. The van der Waals surface area contributed by atoms with Gasteiger partial charge in [0.05, 0.1) is 11.8 Å². The van der Waals surface area contributed by atoms with Crippen LogP contribution in [0.1, 0.15) is 73.7 Å². The second-order valence-corrected chi connectivity index (χ2v) is 11.8. The lowest BCUT2D eigenvalue weighted by Crippen LogP contribution is -2.48. The van der Waals surface area contributed by atoms with E-state index in [2.05, 4.69) is 36.3 Å². The molecule has 0 bridgehead atoms. The first-order chi connectivity index (χ1) is 18.9. The molecule has 3 amide bonds. The van der Waals surface area contributed by atoms with Crippen molar-refractivity contribution in [3.05, 3.63) is 65.0 Å². The Morgan fingerprint density at radius 3 is 2.38 bits per heavy atom. The fraction of sp³-hybridized carbons (Fsp3) is 0.516. The third-order valence-corrected chi connectivity index (χ3v) is 6.53. The number of hydrogen-bond acceptors (Lipinski definition) is 5. The molecular weight excluding hydrogens is 511 g/mol. The molecule has 8 nitrogen and oxygen atoms in total. The molecule has 218 valence electrons. The molecule has 0 radical (unpaired) electrons. The molecule has 0 aliphatic carbocycles. The average Bonchev–Trinajstić information content (AvgIpc) is 2.89. The van der Waals surface area contributed by atoms with E-state index < -0.39 is 11.8 Å². The van der Waals surface area contributed by atoms with Gasteiger partial charge in [-0.25, -0.2) is 9.18 Å². The van der Waals surface area contributed by atoms with Crippen molar-refractivity contribution in [1.82, 2.24) is 15.1 Å². The van der Waals surface area contributed by atoms with E-state index in [0.29, 0.717) is 58.7 Å². The summed E-state index contributed by atoms with van der Waals surface area (Å²) in [6.45, 7) is 14.1. The van der Waals surface area contributed by atoms with E-state index in [9.17, 15) is 18.8 Å². The van der Waals surface area contributed by atoms with Crippen LogP contribution in [0.3, 0.4) is 0 Å². The van der Waals surface area contributed by atoms with Crippen LogP contribution in [0.25, 0.3) is 0 Å². The van der Waals surface area contributed by atoms with E-state index >= 15 is 0 Å². The number of nitrogens with zero attached hydrogens (tertiary/aromatic N) is 2. The number of ketones is 1. The number of carbonyl (C=O) groups is 3.